The minimum absolute atomic E-state index is 0.216. The number of hydrogen-bond donors (Lipinski definition) is 0. The van der Waals surface area contributed by atoms with E-state index in [2.05, 4.69) is 4.98 Å². The average molecular weight is 363 g/mol. The molecule has 1 aromatic heterocycles. The van der Waals surface area contributed by atoms with Crippen LogP contribution in [-0.2, 0) is 4.74 Å². The minimum atomic E-state index is -0.527. The molecule has 23 heavy (non-hydrogen) atoms. The van der Waals surface area contributed by atoms with E-state index in [4.69, 9.17) is 37.4 Å². The van der Waals surface area contributed by atoms with Crippen molar-refractivity contribution in [3.8, 4) is 11.6 Å². The molecule has 0 bridgehead atoms. The van der Waals surface area contributed by atoms with E-state index in [1.165, 1.54) is 13.2 Å². The summed E-state index contributed by atoms with van der Waals surface area (Å²) in [5.41, 5.74) is -0.527. The predicted octanol–water partition coefficient (Wildman–Crippen LogP) is 3.79. The van der Waals surface area contributed by atoms with Crippen molar-refractivity contribution < 1.29 is 19.0 Å². The Bertz CT molecular complexity index is 590. The second kappa shape index (κ2) is 7.01. The Morgan fingerprint density at radius 1 is 1.39 bits per heavy atom. The van der Waals surface area contributed by atoms with Crippen molar-refractivity contribution in [1.82, 2.24) is 9.88 Å². The molecule has 0 N–H and O–H groups in total. The zero-order valence-corrected chi connectivity index (χ0v) is 15.1. The van der Waals surface area contributed by atoms with Gasteiger partial charge in [0.1, 0.15) is 16.9 Å². The summed E-state index contributed by atoms with van der Waals surface area (Å²) in [6.07, 6.45) is 0.0832. The fourth-order valence-corrected chi connectivity index (χ4v) is 2.69. The van der Waals surface area contributed by atoms with Gasteiger partial charge in [-0.2, -0.15) is 4.98 Å². The third kappa shape index (κ3) is 4.78. The van der Waals surface area contributed by atoms with E-state index >= 15 is 0 Å². The van der Waals surface area contributed by atoms with Gasteiger partial charge in [0.25, 0.3) is 5.88 Å². The molecule has 1 aromatic rings. The second-order valence-corrected chi connectivity index (χ2v) is 7.01. The summed E-state index contributed by atoms with van der Waals surface area (Å²) in [5.74, 6) is 0.549. The number of pyridine rings is 1. The highest BCUT2D eigenvalue weighted by Crippen LogP contribution is 2.36. The molecule has 128 valence electrons. The van der Waals surface area contributed by atoms with Gasteiger partial charge in [0.05, 0.1) is 18.7 Å². The quantitative estimate of drug-likeness (QED) is 0.765. The third-order valence-corrected chi connectivity index (χ3v) is 3.62. The van der Waals surface area contributed by atoms with Crippen LogP contribution < -0.4 is 9.47 Å². The maximum absolute atomic E-state index is 12.1. The van der Waals surface area contributed by atoms with Crippen LogP contribution in [0.4, 0.5) is 4.79 Å². The van der Waals surface area contributed by atoms with Gasteiger partial charge < -0.3 is 19.1 Å². The predicted molar refractivity (Wildman–Crippen MR) is 87.6 cm³/mol. The minimum Gasteiger partial charge on any atom is -0.490 e. The Hall–Kier alpha value is -1.40. The fourth-order valence-electron chi connectivity index (χ4n) is 2.19. The van der Waals surface area contributed by atoms with Crippen LogP contribution >= 0.6 is 23.2 Å². The van der Waals surface area contributed by atoms with E-state index in [1.54, 1.807) is 4.90 Å². The number of ether oxygens (including phenoxy) is 3. The molecule has 6 nitrogen and oxygen atoms in total. The Labute approximate surface area is 145 Å². The van der Waals surface area contributed by atoms with E-state index < -0.39 is 5.60 Å². The first kappa shape index (κ1) is 17.9. The monoisotopic (exact) mass is 362 g/mol. The molecular weight excluding hydrogens is 343 g/mol. The third-order valence-electron chi connectivity index (χ3n) is 3.14. The van der Waals surface area contributed by atoms with Crippen molar-refractivity contribution in [3.63, 3.8) is 0 Å². The normalized spacial score (nSPS) is 18.0. The van der Waals surface area contributed by atoms with Crippen LogP contribution in [0.1, 0.15) is 27.2 Å². The average Bonchev–Trinajstić information content (AvgIpc) is 2.85. The summed E-state index contributed by atoms with van der Waals surface area (Å²) in [6, 6.07) is 1.48. The molecule has 1 aliphatic rings. The smallest absolute Gasteiger partial charge is 0.410 e. The molecule has 8 heteroatoms. The molecule has 0 aromatic carbocycles. The van der Waals surface area contributed by atoms with Crippen LogP contribution in [0, 0.1) is 0 Å². The Morgan fingerprint density at radius 2 is 2.09 bits per heavy atom. The number of carbonyl (C=O) groups excluding carboxylic acids is 1. The molecule has 2 rings (SSSR count). The summed E-state index contributed by atoms with van der Waals surface area (Å²) in [6.45, 7) is 6.45. The number of amides is 1. The summed E-state index contributed by atoms with van der Waals surface area (Å²) in [7, 11) is 1.48. The molecule has 1 fully saturated rings. The van der Waals surface area contributed by atoms with E-state index in [0.717, 1.165) is 0 Å². The van der Waals surface area contributed by atoms with Crippen LogP contribution in [0.25, 0.3) is 0 Å². The van der Waals surface area contributed by atoms with Crippen molar-refractivity contribution >= 4 is 29.3 Å². The zero-order valence-electron chi connectivity index (χ0n) is 13.6. The maximum Gasteiger partial charge on any atom is 0.410 e. The lowest BCUT2D eigenvalue weighted by atomic mass is 10.2. The van der Waals surface area contributed by atoms with Crippen LogP contribution in [0.5, 0.6) is 11.6 Å². The summed E-state index contributed by atoms with van der Waals surface area (Å²) in [4.78, 5) is 17.8. The van der Waals surface area contributed by atoms with Gasteiger partial charge in [-0.1, -0.05) is 23.2 Å². The number of likely N-dealkylation sites (tertiary alicyclic amines) is 1. The van der Waals surface area contributed by atoms with Crippen molar-refractivity contribution in [3.05, 3.63) is 16.2 Å². The van der Waals surface area contributed by atoms with Gasteiger partial charge in [-0.25, -0.2) is 4.79 Å². The standard InChI is InChI=1S/C15H20Cl2N2O4/c1-15(2,3)23-14(20)19-6-5-9(8-19)22-13-12(21-4)10(16)7-11(17)18-13/h7,9H,5-6,8H2,1-4H3/t9-/m0/s1. The van der Waals surface area contributed by atoms with Crippen molar-refractivity contribution in [2.45, 2.75) is 38.9 Å². The van der Waals surface area contributed by atoms with Crippen LogP contribution in [0.15, 0.2) is 6.07 Å². The highest BCUT2D eigenvalue weighted by molar-refractivity contribution is 6.35. The fraction of sp³-hybridized carbons (Fsp3) is 0.600. The van der Waals surface area contributed by atoms with E-state index in [-0.39, 0.29) is 23.2 Å². The Morgan fingerprint density at radius 3 is 2.70 bits per heavy atom. The number of nitrogens with zero attached hydrogens (tertiary/aromatic N) is 2. The van der Waals surface area contributed by atoms with Gasteiger partial charge >= 0.3 is 6.09 Å². The van der Waals surface area contributed by atoms with E-state index in [9.17, 15) is 4.79 Å². The van der Waals surface area contributed by atoms with Crippen molar-refractivity contribution in [2.75, 3.05) is 20.2 Å². The van der Waals surface area contributed by atoms with Gasteiger partial charge in [-0.05, 0) is 26.8 Å². The topological polar surface area (TPSA) is 60.9 Å². The molecule has 2 heterocycles. The Kier molecular flexibility index (Phi) is 5.47. The second-order valence-electron chi connectivity index (χ2n) is 6.22. The molecule has 0 radical (unpaired) electrons. The van der Waals surface area contributed by atoms with Crippen molar-refractivity contribution in [1.29, 1.82) is 0 Å². The number of carbonyl (C=O) groups is 1. The molecule has 0 unspecified atom stereocenters. The lowest BCUT2D eigenvalue weighted by Gasteiger charge is -2.24. The van der Waals surface area contributed by atoms with Gasteiger partial charge in [0.2, 0.25) is 0 Å². The Balaban J connectivity index is 2.02. The zero-order chi connectivity index (χ0) is 17.2. The summed E-state index contributed by atoms with van der Waals surface area (Å²) in [5, 5.41) is 0.539. The molecular formula is C15H20Cl2N2O4. The molecule has 0 aliphatic carbocycles. The first-order valence-corrected chi connectivity index (χ1v) is 8.00. The number of aromatic nitrogens is 1. The first-order valence-electron chi connectivity index (χ1n) is 7.24. The van der Waals surface area contributed by atoms with Crippen molar-refractivity contribution in [2.24, 2.45) is 0 Å². The summed E-state index contributed by atoms with van der Waals surface area (Å²) >= 11 is 12.0. The molecule has 1 atom stereocenters. The van der Waals surface area contributed by atoms with E-state index in [1.807, 2.05) is 20.8 Å². The lowest BCUT2D eigenvalue weighted by Crippen LogP contribution is -2.36. The largest absolute Gasteiger partial charge is 0.490 e. The molecule has 0 spiro atoms. The van der Waals surface area contributed by atoms with E-state index in [0.29, 0.717) is 30.3 Å². The SMILES string of the molecule is COc1c(Cl)cc(Cl)nc1O[C@H]1CCN(C(=O)OC(C)(C)C)C1. The number of hydrogen-bond acceptors (Lipinski definition) is 5. The first-order chi connectivity index (χ1) is 10.7. The van der Waals surface area contributed by atoms with Gasteiger partial charge in [-0.3, -0.25) is 0 Å². The number of halogens is 2. The summed E-state index contributed by atoms with van der Waals surface area (Å²) < 4.78 is 16.4. The van der Waals surface area contributed by atoms with Gasteiger partial charge in [-0.15, -0.1) is 0 Å². The maximum atomic E-state index is 12.1. The molecule has 1 aliphatic heterocycles. The highest BCUT2D eigenvalue weighted by atomic mass is 35.5. The number of methoxy groups -OCH3 is 1. The number of rotatable bonds is 3. The molecule has 0 saturated carbocycles. The molecule has 1 amide bonds. The van der Waals surface area contributed by atoms with Gasteiger partial charge in [0, 0.05) is 13.0 Å². The lowest BCUT2D eigenvalue weighted by molar-refractivity contribution is 0.0274. The van der Waals surface area contributed by atoms with Crippen LogP contribution in [0.2, 0.25) is 10.2 Å². The molecule has 1 saturated heterocycles. The van der Waals surface area contributed by atoms with Crippen LogP contribution in [-0.4, -0.2) is 47.9 Å². The van der Waals surface area contributed by atoms with Gasteiger partial charge in [0.15, 0.2) is 5.75 Å². The highest BCUT2D eigenvalue weighted by Gasteiger charge is 2.32. The van der Waals surface area contributed by atoms with Crippen LogP contribution in [0.3, 0.4) is 0 Å².